The number of fused-ring (bicyclic) bond motifs is 1. The van der Waals surface area contributed by atoms with Crippen molar-refractivity contribution >= 4 is 16.9 Å². The summed E-state index contributed by atoms with van der Waals surface area (Å²) in [7, 11) is 0. The van der Waals surface area contributed by atoms with Crippen LogP contribution in [0.1, 0.15) is 31.0 Å². The minimum atomic E-state index is -0.953. The Balaban J connectivity index is 2.05. The number of ether oxygens (including phenoxy) is 1. The summed E-state index contributed by atoms with van der Waals surface area (Å²) in [5.74, 6) is 0.569. The normalized spacial score (nSPS) is 20.6. The molecule has 0 fully saturated rings. The first-order valence-corrected chi connectivity index (χ1v) is 9.13. The number of amidine groups is 1. The summed E-state index contributed by atoms with van der Waals surface area (Å²) in [6.45, 7) is 3.56. The molecule has 0 amide bonds. The number of aliphatic hydroxyl groups is 1. The number of hydrogen-bond acceptors (Lipinski definition) is 6. The summed E-state index contributed by atoms with van der Waals surface area (Å²) >= 11 is 1.29. The van der Waals surface area contributed by atoms with Gasteiger partial charge in [0.05, 0.1) is 11.6 Å². The van der Waals surface area contributed by atoms with Crippen molar-refractivity contribution < 1.29 is 9.84 Å². The van der Waals surface area contributed by atoms with E-state index in [2.05, 4.69) is 16.4 Å². The van der Waals surface area contributed by atoms with Crippen molar-refractivity contribution in [3.05, 3.63) is 59.7 Å². The zero-order valence-corrected chi connectivity index (χ0v) is 15.7. The molecule has 0 saturated heterocycles. The van der Waals surface area contributed by atoms with Gasteiger partial charge in [-0.05, 0) is 44.2 Å². The lowest BCUT2D eigenvalue weighted by Gasteiger charge is -2.40. The van der Waals surface area contributed by atoms with Gasteiger partial charge in [-0.3, -0.25) is 10.3 Å². The molecular formula is C20H18N4O2S. The van der Waals surface area contributed by atoms with Gasteiger partial charge in [-0.15, -0.1) is 0 Å². The second-order valence-corrected chi connectivity index (χ2v) is 7.61. The zero-order valence-electron chi connectivity index (χ0n) is 14.9. The van der Waals surface area contributed by atoms with E-state index in [1.54, 1.807) is 32.0 Å². The predicted octanol–water partition coefficient (Wildman–Crippen LogP) is 3.35. The number of hydrogen-bond donors (Lipinski definition) is 2. The van der Waals surface area contributed by atoms with Crippen molar-refractivity contribution in [2.45, 2.75) is 36.5 Å². The number of nitrogens with zero attached hydrogens (tertiary/aromatic N) is 3. The summed E-state index contributed by atoms with van der Waals surface area (Å²) < 4.78 is 5.90. The van der Waals surface area contributed by atoms with Crippen molar-refractivity contribution in [2.75, 3.05) is 0 Å². The molecule has 2 aromatic rings. The van der Waals surface area contributed by atoms with Crippen LogP contribution < -0.4 is 10.1 Å². The number of benzene rings is 2. The lowest BCUT2D eigenvalue weighted by atomic mass is 9.86. The van der Waals surface area contributed by atoms with E-state index in [-0.39, 0.29) is 0 Å². The molecule has 6 nitrogen and oxygen atoms in total. The largest absolute Gasteiger partial charge is 0.485 e. The van der Waals surface area contributed by atoms with Crippen LogP contribution >= 0.6 is 11.8 Å². The van der Waals surface area contributed by atoms with E-state index in [1.807, 2.05) is 36.5 Å². The maximum atomic E-state index is 10.9. The highest BCUT2D eigenvalue weighted by atomic mass is 32.2. The summed E-state index contributed by atoms with van der Waals surface area (Å²) in [6.07, 6.45) is 0.940. The van der Waals surface area contributed by atoms with Crippen molar-refractivity contribution in [3.8, 4) is 18.0 Å². The Labute approximate surface area is 162 Å². The van der Waals surface area contributed by atoms with Crippen molar-refractivity contribution in [2.24, 2.45) is 4.99 Å². The first-order chi connectivity index (χ1) is 12.9. The van der Waals surface area contributed by atoms with E-state index >= 15 is 0 Å². The van der Waals surface area contributed by atoms with Gasteiger partial charge in [0.25, 0.3) is 0 Å². The smallest absolute Gasteiger partial charge is 0.183 e. The van der Waals surface area contributed by atoms with Crippen LogP contribution in [0.4, 0.5) is 0 Å². The molecular weight excluding hydrogens is 360 g/mol. The number of thioether (sulfide) groups is 1. The third-order valence-corrected chi connectivity index (χ3v) is 5.13. The Hall–Kier alpha value is -3.00. The molecule has 0 radical (unpaired) electrons. The third kappa shape index (κ3) is 4.06. The molecule has 3 rings (SSSR count). The Bertz CT molecular complexity index is 945. The van der Waals surface area contributed by atoms with Gasteiger partial charge in [0, 0.05) is 10.5 Å². The van der Waals surface area contributed by atoms with E-state index in [4.69, 9.17) is 10.00 Å². The minimum Gasteiger partial charge on any atom is -0.485 e. The number of nitriles is 2. The standard InChI is InChI=1S/C20H18N4O2S/c1-20(2)18(25)17(15-10-13(11-21)8-9-16(15)26-20)24-19(23-12-22)27-14-6-4-3-5-7-14/h3-10,17-18,25H,1-2H3,(H,23,24)/t17-,18+/m0/s1. The quantitative estimate of drug-likeness (QED) is 0.273. The molecule has 0 unspecified atom stereocenters. The monoisotopic (exact) mass is 378 g/mol. The molecule has 7 heteroatoms. The molecule has 0 spiro atoms. The molecule has 0 aliphatic carbocycles. The fraction of sp³-hybridized carbons (Fsp3) is 0.250. The molecule has 1 aliphatic heterocycles. The molecule has 1 aliphatic rings. The van der Waals surface area contributed by atoms with Gasteiger partial charge in [0.2, 0.25) is 0 Å². The molecule has 2 N–H and O–H groups in total. The Morgan fingerprint density at radius 2 is 1.96 bits per heavy atom. The molecule has 27 heavy (non-hydrogen) atoms. The van der Waals surface area contributed by atoms with Crippen LogP contribution in [0.15, 0.2) is 58.4 Å². The average molecular weight is 378 g/mol. The maximum Gasteiger partial charge on any atom is 0.183 e. The van der Waals surface area contributed by atoms with Crippen LogP contribution in [-0.4, -0.2) is 22.0 Å². The van der Waals surface area contributed by atoms with Crippen molar-refractivity contribution in [1.29, 1.82) is 10.5 Å². The fourth-order valence-electron chi connectivity index (χ4n) is 2.83. The minimum absolute atomic E-state index is 0.360. The number of aliphatic hydroxyl groups excluding tert-OH is 1. The van der Waals surface area contributed by atoms with Gasteiger partial charge in [-0.2, -0.15) is 10.5 Å². The lowest BCUT2D eigenvalue weighted by molar-refractivity contribution is -0.0566. The van der Waals surface area contributed by atoms with Gasteiger partial charge in [-0.1, -0.05) is 30.0 Å². The maximum absolute atomic E-state index is 10.9. The Morgan fingerprint density at radius 3 is 2.63 bits per heavy atom. The van der Waals surface area contributed by atoms with Gasteiger partial charge < -0.3 is 9.84 Å². The zero-order chi connectivity index (χ0) is 19.4. The van der Waals surface area contributed by atoms with Crippen LogP contribution in [0.25, 0.3) is 0 Å². The first-order valence-electron chi connectivity index (χ1n) is 8.31. The van der Waals surface area contributed by atoms with Crippen LogP contribution in [0.5, 0.6) is 5.75 Å². The number of nitrogens with one attached hydrogen (secondary N) is 1. The highest BCUT2D eigenvalue weighted by molar-refractivity contribution is 8.13. The van der Waals surface area contributed by atoms with E-state index in [0.29, 0.717) is 22.0 Å². The number of rotatable bonds is 2. The van der Waals surface area contributed by atoms with Crippen molar-refractivity contribution in [3.63, 3.8) is 0 Å². The van der Waals surface area contributed by atoms with Crippen LogP contribution in [0, 0.1) is 22.8 Å². The van der Waals surface area contributed by atoms with E-state index < -0.39 is 17.7 Å². The van der Waals surface area contributed by atoms with Gasteiger partial charge in [0.15, 0.2) is 11.4 Å². The van der Waals surface area contributed by atoms with Crippen molar-refractivity contribution in [1.82, 2.24) is 5.32 Å². The first kappa shape index (κ1) is 18.8. The molecule has 136 valence electrons. The number of aliphatic imine (C=N–C) groups is 1. The van der Waals surface area contributed by atoms with Crippen LogP contribution in [-0.2, 0) is 0 Å². The summed E-state index contributed by atoms with van der Waals surface area (Å²) in [6, 6.07) is 16.0. The third-order valence-electron chi connectivity index (χ3n) is 4.22. The Morgan fingerprint density at radius 1 is 1.22 bits per heavy atom. The summed E-state index contributed by atoms with van der Waals surface area (Å²) in [5.41, 5.74) is 0.201. The average Bonchev–Trinajstić information content (AvgIpc) is 2.66. The molecule has 1 heterocycles. The SMILES string of the molecule is CC1(C)Oc2ccc(C#N)cc2[C@H](N=C(NC#N)Sc2ccccc2)[C@H]1O. The molecule has 0 bridgehead atoms. The van der Waals surface area contributed by atoms with Gasteiger partial charge >= 0.3 is 0 Å². The van der Waals surface area contributed by atoms with Crippen LogP contribution in [0.3, 0.4) is 0 Å². The summed E-state index contributed by atoms with van der Waals surface area (Å²) in [4.78, 5) is 5.53. The Kier molecular flexibility index (Phi) is 5.36. The van der Waals surface area contributed by atoms with Gasteiger partial charge in [-0.25, -0.2) is 0 Å². The molecule has 2 atom stereocenters. The van der Waals surface area contributed by atoms with Crippen LogP contribution in [0.2, 0.25) is 0 Å². The second kappa shape index (κ2) is 7.71. The highest BCUT2D eigenvalue weighted by Crippen LogP contribution is 2.42. The van der Waals surface area contributed by atoms with Gasteiger partial charge in [0.1, 0.15) is 23.5 Å². The highest BCUT2D eigenvalue weighted by Gasteiger charge is 2.43. The fourth-order valence-corrected chi connectivity index (χ4v) is 3.61. The molecule has 0 saturated carbocycles. The molecule has 2 aromatic carbocycles. The van der Waals surface area contributed by atoms with E-state index in [9.17, 15) is 10.4 Å². The topological polar surface area (TPSA) is 101 Å². The predicted molar refractivity (Wildman–Crippen MR) is 103 cm³/mol. The summed E-state index contributed by atoms with van der Waals surface area (Å²) in [5, 5.41) is 32.1. The molecule has 0 aromatic heterocycles. The van der Waals surface area contributed by atoms with E-state index in [0.717, 1.165) is 4.90 Å². The van der Waals surface area contributed by atoms with E-state index in [1.165, 1.54) is 11.8 Å². The lowest BCUT2D eigenvalue weighted by Crippen LogP contribution is -2.48. The second-order valence-electron chi connectivity index (χ2n) is 6.55.